The first-order chi connectivity index (χ1) is 5.54. The predicted molar refractivity (Wildman–Crippen MR) is 48.7 cm³/mol. The lowest BCUT2D eigenvalue weighted by Gasteiger charge is -1.98. The van der Waals surface area contributed by atoms with Gasteiger partial charge in [-0.2, -0.15) is 0 Å². The number of rotatable bonds is 3. The van der Waals surface area contributed by atoms with Crippen LogP contribution in [0.2, 0.25) is 0 Å². The Bertz CT molecular complexity index is 194. The second-order valence-corrected chi connectivity index (χ2v) is 4.31. The maximum Gasteiger partial charge on any atom is 0.0639 e. The first kappa shape index (κ1) is 9.75. The van der Waals surface area contributed by atoms with Gasteiger partial charge in [0.2, 0.25) is 0 Å². The van der Waals surface area contributed by atoms with Gasteiger partial charge < -0.3 is 10.2 Å². The van der Waals surface area contributed by atoms with Gasteiger partial charge in [-0.3, -0.25) is 0 Å². The summed E-state index contributed by atoms with van der Waals surface area (Å²) in [5.74, 6) is 0.841. The van der Waals surface area contributed by atoms with Crippen LogP contribution in [0.25, 0.3) is 0 Å². The molecule has 0 unspecified atom stereocenters. The summed E-state index contributed by atoms with van der Waals surface area (Å²) in [5.41, 5.74) is 1.23. The van der Waals surface area contributed by atoms with Gasteiger partial charge >= 0.3 is 0 Å². The first-order valence-electron chi connectivity index (χ1n) is 4.43. The minimum atomic E-state index is 0.130. The number of hydrogen-bond acceptors (Lipinski definition) is 2. The fourth-order valence-electron chi connectivity index (χ4n) is 1.83. The summed E-state index contributed by atoms with van der Waals surface area (Å²) in [6.45, 7) is 6.61. The van der Waals surface area contributed by atoms with Crippen molar-refractivity contribution in [3.8, 4) is 0 Å². The van der Waals surface area contributed by atoms with Crippen LogP contribution in [0.1, 0.15) is 20.8 Å². The van der Waals surface area contributed by atoms with E-state index in [-0.39, 0.29) is 18.6 Å². The molecule has 2 N–H and O–H groups in total. The number of hydrogen-bond donors (Lipinski definition) is 2. The molecule has 1 aliphatic carbocycles. The van der Waals surface area contributed by atoms with Gasteiger partial charge in [0.25, 0.3) is 0 Å². The highest BCUT2D eigenvalue weighted by Crippen LogP contribution is 2.58. The zero-order chi connectivity index (χ0) is 9.35. The van der Waals surface area contributed by atoms with E-state index < -0.39 is 0 Å². The van der Waals surface area contributed by atoms with Crippen molar-refractivity contribution in [3.63, 3.8) is 0 Å². The minimum absolute atomic E-state index is 0.130. The average Bonchev–Trinajstić information content (AvgIpc) is 2.53. The Balaban J connectivity index is 2.58. The molecule has 70 valence electrons. The van der Waals surface area contributed by atoms with Gasteiger partial charge in [-0.1, -0.05) is 25.5 Å². The van der Waals surface area contributed by atoms with E-state index in [0.717, 1.165) is 5.57 Å². The van der Waals surface area contributed by atoms with Gasteiger partial charge in [0.05, 0.1) is 6.61 Å². The molecule has 2 nitrogen and oxygen atoms in total. The molecule has 0 saturated heterocycles. The standard InChI is InChI=1S/C10H18O2/c1-7(5-11)4-8-9(6-12)10(8,2)3/h4,8-9,11-12H,5-6H2,1-3H3/b7-4+/t8-,9+/m1/s1. The van der Waals surface area contributed by atoms with Crippen molar-refractivity contribution in [3.05, 3.63) is 11.6 Å². The van der Waals surface area contributed by atoms with Crippen LogP contribution >= 0.6 is 0 Å². The molecule has 0 aliphatic heterocycles. The molecule has 1 fully saturated rings. The van der Waals surface area contributed by atoms with Gasteiger partial charge in [-0.15, -0.1) is 0 Å². The Morgan fingerprint density at radius 3 is 2.33 bits per heavy atom. The lowest BCUT2D eigenvalue weighted by Crippen LogP contribution is -1.93. The Kier molecular flexibility index (Phi) is 2.59. The second-order valence-electron chi connectivity index (χ2n) is 4.31. The summed E-state index contributed by atoms with van der Waals surface area (Å²) in [4.78, 5) is 0. The van der Waals surface area contributed by atoms with Crippen molar-refractivity contribution in [1.29, 1.82) is 0 Å². The summed E-state index contributed by atoms with van der Waals surface area (Å²) >= 11 is 0. The summed E-state index contributed by atoms with van der Waals surface area (Å²) in [6, 6.07) is 0. The van der Waals surface area contributed by atoms with Crippen molar-refractivity contribution < 1.29 is 10.2 Å². The zero-order valence-corrected chi connectivity index (χ0v) is 8.04. The quantitative estimate of drug-likeness (QED) is 0.625. The van der Waals surface area contributed by atoms with Crippen LogP contribution in [0.4, 0.5) is 0 Å². The van der Waals surface area contributed by atoms with E-state index in [2.05, 4.69) is 19.9 Å². The van der Waals surface area contributed by atoms with Crippen molar-refractivity contribution in [2.24, 2.45) is 17.3 Å². The maximum atomic E-state index is 9.01. The molecule has 1 aliphatic rings. The third kappa shape index (κ3) is 1.54. The van der Waals surface area contributed by atoms with E-state index in [0.29, 0.717) is 11.8 Å². The van der Waals surface area contributed by atoms with Crippen molar-refractivity contribution in [2.75, 3.05) is 13.2 Å². The van der Waals surface area contributed by atoms with Crippen LogP contribution < -0.4 is 0 Å². The van der Waals surface area contributed by atoms with Crippen LogP contribution in [0.15, 0.2) is 11.6 Å². The molecule has 0 amide bonds. The highest BCUT2D eigenvalue weighted by molar-refractivity contribution is 5.17. The minimum Gasteiger partial charge on any atom is -0.396 e. The molecule has 0 aromatic heterocycles. The lowest BCUT2D eigenvalue weighted by atomic mass is 10.1. The molecular formula is C10H18O2. The van der Waals surface area contributed by atoms with E-state index in [1.54, 1.807) is 0 Å². The van der Waals surface area contributed by atoms with Crippen LogP contribution in [-0.2, 0) is 0 Å². The molecule has 0 aromatic rings. The molecule has 0 radical (unpaired) electrons. The average molecular weight is 170 g/mol. The zero-order valence-electron chi connectivity index (χ0n) is 8.04. The number of allylic oxidation sites excluding steroid dienone is 1. The summed E-state index contributed by atoms with van der Waals surface area (Å²) < 4.78 is 0. The normalized spacial score (nSPS) is 33.6. The van der Waals surface area contributed by atoms with Crippen LogP contribution in [0.3, 0.4) is 0 Å². The van der Waals surface area contributed by atoms with Crippen LogP contribution in [0, 0.1) is 17.3 Å². The highest BCUT2D eigenvalue weighted by Gasteiger charge is 2.55. The fourth-order valence-corrected chi connectivity index (χ4v) is 1.83. The Hall–Kier alpha value is -0.340. The van der Waals surface area contributed by atoms with Gasteiger partial charge in [-0.05, 0) is 24.2 Å². The van der Waals surface area contributed by atoms with Gasteiger partial charge in [-0.25, -0.2) is 0 Å². The summed E-state index contributed by atoms with van der Waals surface area (Å²) in [7, 11) is 0. The molecule has 0 aromatic carbocycles. The molecule has 0 bridgehead atoms. The highest BCUT2D eigenvalue weighted by atomic mass is 16.3. The Labute approximate surface area is 73.9 Å². The third-order valence-electron chi connectivity index (χ3n) is 3.05. The number of aliphatic hydroxyl groups is 2. The van der Waals surface area contributed by atoms with Crippen molar-refractivity contribution in [1.82, 2.24) is 0 Å². The van der Waals surface area contributed by atoms with Crippen molar-refractivity contribution >= 4 is 0 Å². The second kappa shape index (κ2) is 3.19. The van der Waals surface area contributed by atoms with Crippen molar-refractivity contribution in [2.45, 2.75) is 20.8 Å². The lowest BCUT2D eigenvalue weighted by molar-refractivity contribution is 0.256. The smallest absolute Gasteiger partial charge is 0.0639 e. The molecule has 2 heteroatoms. The maximum absolute atomic E-state index is 9.01. The van der Waals surface area contributed by atoms with E-state index in [9.17, 15) is 0 Å². The molecule has 2 atom stereocenters. The number of aliphatic hydroxyl groups excluding tert-OH is 2. The predicted octanol–water partition coefficient (Wildman–Crippen LogP) is 1.19. The van der Waals surface area contributed by atoms with Gasteiger partial charge in [0.1, 0.15) is 0 Å². The van der Waals surface area contributed by atoms with E-state index in [1.165, 1.54) is 0 Å². The summed E-state index contributed by atoms with van der Waals surface area (Å²) in [6.07, 6.45) is 2.08. The van der Waals surface area contributed by atoms with E-state index in [4.69, 9.17) is 10.2 Å². The molecule has 0 spiro atoms. The Morgan fingerprint density at radius 1 is 1.42 bits per heavy atom. The van der Waals surface area contributed by atoms with Crippen LogP contribution in [0.5, 0.6) is 0 Å². The first-order valence-corrected chi connectivity index (χ1v) is 4.43. The molecule has 1 rings (SSSR count). The van der Waals surface area contributed by atoms with E-state index >= 15 is 0 Å². The van der Waals surface area contributed by atoms with Crippen LogP contribution in [-0.4, -0.2) is 23.4 Å². The topological polar surface area (TPSA) is 40.5 Å². The fraction of sp³-hybridized carbons (Fsp3) is 0.800. The third-order valence-corrected chi connectivity index (χ3v) is 3.05. The van der Waals surface area contributed by atoms with Gasteiger partial charge in [0.15, 0.2) is 0 Å². The molecule has 12 heavy (non-hydrogen) atoms. The molecular weight excluding hydrogens is 152 g/mol. The monoisotopic (exact) mass is 170 g/mol. The largest absolute Gasteiger partial charge is 0.396 e. The van der Waals surface area contributed by atoms with E-state index in [1.807, 2.05) is 6.92 Å². The molecule has 0 heterocycles. The molecule has 1 saturated carbocycles. The summed E-state index contributed by atoms with van der Waals surface area (Å²) in [5, 5.41) is 17.8. The van der Waals surface area contributed by atoms with Gasteiger partial charge in [0, 0.05) is 6.61 Å². The SMILES string of the molecule is C/C(=C\[C@@H]1[C@H](CO)C1(C)C)CO. The Morgan fingerprint density at radius 2 is 2.00 bits per heavy atom.